The maximum atomic E-state index is 13.1. The van der Waals surface area contributed by atoms with Gasteiger partial charge in [-0.3, -0.25) is 0 Å². The highest BCUT2D eigenvalue weighted by Crippen LogP contribution is 2.29. The number of halogens is 2. The monoisotopic (exact) mass is 315 g/mol. The summed E-state index contributed by atoms with van der Waals surface area (Å²) in [5, 5.41) is 4.02. The van der Waals surface area contributed by atoms with Gasteiger partial charge in [-0.05, 0) is 54.6 Å². The van der Waals surface area contributed by atoms with Crippen LogP contribution in [-0.2, 0) is 0 Å². The Morgan fingerprint density at radius 3 is 2.26 bits per heavy atom. The quantitative estimate of drug-likeness (QED) is 0.738. The summed E-state index contributed by atoms with van der Waals surface area (Å²) < 4.78 is 32.7. The van der Waals surface area contributed by atoms with Gasteiger partial charge in [-0.15, -0.1) is 0 Å². The fourth-order valence-electron chi connectivity index (χ4n) is 2.29. The SMILES string of the molecule is COc1ccc(-c2cc(C(F)F)nn2-c2ccc(N)cc2)cc1. The molecule has 2 N–H and O–H groups in total. The van der Waals surface area contributed by atoms with Gasteiger partial charge in [0, 0.05) is 11.3 Å². The van der Waals surface area contributed by atoms with Gasteiger partial charge in [-0.2, -0.15) is 5.10 Å². The molecule has 0 bridgehead atoms. The van der Waals surface area contributed by atoms with Gasteiger partial charge >= 0.3 is 0 Å². The van der Waals surface area contributed by atoms with Crippen molar-refractivity contribution < 1.29 is 13.5 Å². The van der Waals surface area contributed by atoms with E-state index in [2.05, 4.69) is 5.10 Å². The van der Waals surface area contributed by atoms with Gasteiger partial charge in [0.2, 0.25) is 0 Å². The fraction of sp³-hybridized carbons (Fsp3) is 0.118. The van der Waals surface area contributed by atoms with Gasteiger partial charge in [-0.1, -0.05) is 0 Å². The summed E-state index contributed by atoms with van der Waals surface area (Å²) in [6.45, 7) is 0. The predicted octanol–water partition coefficient (Wildman–Crippen LogP) is 4.07. The summed E-state index contributed by atoms with van der Waals surface area (Å²) in [6, 6.07) is 15.4. The number of ether oxygens (including phenoxy) is 1. The molecule has 0 radical (unpaired) electrons. The number of rotatable bonds is 4. The third kappa shape index (κ3) is 3.01. The topological polar surface area (TPSA) is 53.1 Å². The number of hydrogen-bond donors (Lipinski definition) is 1. The largest absolute Gasteiger partial charge is 0.497 e. The molecule has 0 unspecified atom stereocenters. The Bertz CT molecular complexity index is 796. The van der Waals surface area contributed by atoms with Crippen molar-refractivity contribution >= 4 is 5.69 Å². The van der Waals surface area contributed by atoms with Crippen LogP contribution in [-0.4, -0.2) is 16.9 Å². The second-order valence-corrected chi connectivity index (χ2v) is 4.99. The lowest BCUT2D eigenvalue weighted by atomic mass is 10.1. The number of aromatic nitrogens is 2. The van der Waals surface area contributed by atoms with Gasteiger partial charge < -0.3 is 10.5 Å². The number of anilines is 1. The second-order valence-electron chi connectivity index (χ2n) is 4.99. The van der Waals surface area contributed by atoms with Crippen molar-refractivity contribution in [3.8, 4) is 22.7 Å². The van der Waals surface area contributed by atoms with Crippen LogP contribution in [0.5, 0.6) is 5.75 Å². The minimum absolute atomic E-state index is 0.271. The van der Waals surface area contributed by atoms with Crippen LogP contribution in [0, 0.1) is 0 Å². The van der Waals surface area contributed by atoms with Gasteiger partial charge in [0.15, 0.2) is 0 Å². The number of nitrogen functional groups attached to an aromatic ring is 1. The molecule has 0 saturated carbocycles. The maximum absolute atomic E-state index is 13.1. The van der Waals surface area contributed by atoms with Gasteiger partial charge in [0.05, 0.1) is 18.5 Å². The predicted molar refractivity (Wildman–Crippen MR) is 84.9 cm³/mol. The standard InChI is InChI=1S/C17H15F2N3O/c1-23-14-8-2-11(3-9-14)16-10-15(17(18)19)21-22(16)13-6-4-12(20)5-7-13/h2-10,17H,20H2,1H3. The normalized spacial score (nSPS) is 11.0. The van der Waals surface area contributed by atoms with Crippen molar-refractivity contribution in [2.45, 2.75) is 6.43 Å². The van der Waals surface area contributed by atoms with Crippen LogP contribution in [0.3, 0.4) is 0 Å². The van der Waals surface area contributed by atoms with Crippen LogP contribution >= 0.6 is 0 Å². The average molecular weight is 315 g/mol. The molecule has 3 rings (SSSR count). The van der Waals surface area contributed by atoms with Crippen molar-refractivity contribution in [3.05, 3.63) is 60.3 Å². The molecular formula is C17H15F2N3O. The van der Waals surface area contributed by atoms with Gasteiger partial charge in [0.1, 0.15) is 11.4 Å². The van der Waals surface area contributed by atoms with Crippen molar-refractivity contribution in [3.63, 3.8) is 0 Å². The lowest BCUT2D eigenvalue weighted by molar-refractivity contribution is 0.145. The maximum Gasteiger partial charge on any atom is 0.282 e. The van der Waals surface area contributed by atoms with E-state index in [0.717, 1.165) is 5.56 Å². The molecule has 23 heavy (non-hydrogen) atoms. The fourth-order valence-corrected chi connectivity index (χ4v) is 2.29. The number of nitrogens with zero attached hydrogens (tertiary/aromatic N) is 2. The van der Waals surface area contributed by atoms with E-state index < -0.39 is 6.43 Å². The number of nitrogens with two attached hydrogens (primary N) is 1. The molecule has 6 heteroatoms. The molecule has 0 saturated heterocycles. The van der Waals surface area contributed by atoms with E-state index in [1.165, 1.54) is 10.7 Å². The van der Waals surface area contributed by atoms with Crippen LogP contribution in [0.25, 0.3) is 16.9 Å². The molecule has 3 aromatic rings. The van der Waals surface area contributed by atoms with E-state index >= 15 is 0 Å². The highest BCUT2D eigenvalue weighted by molar-refractivity contribution is 5.64. The zero-order chi connectivity index (χ0) is 16.4. The molecular weight excluding hydrogens is 300 g/mol. The van der Waals surface area contributed by atoms with E-state index in [9.17, 15) is 8.78 Å². The third-order valence-electron chi connectivity index (χ3n) is 3.48. The van der Waals surface area contributed by atoms with Crippen LogP contribution in [0.4, 0.5) is 14.5 Å². The molecule has 0 amide bonds. The molecule has 0 fully saturated rings. The Kier molecular flexibility index (Phi) is 3.97. The highest BCUT2D eigenvalue weighted by atomic mass is 19.3. The van der Waals surface area contributed by atoms with Crippen molar-refractivity contribution in [2.75, 3.05) is 12.8 Å². The lowest BCUT2D eigenvalue weighted by Crippen LogP contribution is -2.00. The Hall–Kier alpha value is -2.89. The molecule has 0 atom stereocenters. The van der Waals surface area contributed by atoms with Crippen molar-refractivity contribution in [1.29, 1.82) is 0 Å². The third-order valence-corrected chi connectivity index (χ3v) is 3.48. The van der Waals surface area contributed by atoms with E-state index in [1.54, 1.807) is 55.6 Å². The van der Waals surface area contributed by atoms with Crippen LogP contribution < -0.4 is 10.5 Å². The Labute approximate surface area is 132 Å². The Morgan fingerprint density at radius 2 is 1.70 bits per heavy atom. The van der Waals surface area contributed by atoms with E-state index in [1.807, 2.05) is 0 Å². The summed E-state index contributed by atoms with van der Waals surface area (Å²) in [6.07, 6.45) is -2.64. The summed E-state index contributed by atoms with van der Waals surface area (Å²) in [5.41, 5.74) is 8.01. The molecule has 2 aromatic carbocycles. The minimum Gasteiger partial charge on any atom is -0.497 e. The summed E-state index contributed by atoms with van der Waals surface area (Å²) >= 11 is 0. The molecule has 0 spiro atoms. The molecule has 1 heterocycles. The second kappa shape index (κ2) is 6.08. The summed E-state index contributed by atoms with van der Waals surface area (Å²) in [7, 11) is 1.57. The molecule has 0 aliphatic rings. The van der Waals surface area contributed by atoms with Crippen LogP contribution in [0.2, 0.25) is 0 Å². The smallest absolute Gasteiger partial charge is 0.282 e. The van der Waals surface area contributed by atoms with E-state index in [0.29, 0.717) is 22.8 Å². The van der Waals surface area contributed by atoms with Crippen LogP contribution in [0.15, 0.2) is 54.6 Å². The Morgan fingerprint density at radius 1 is 1.04 bits per heavy atom. The number of hydrogen-bond acceptors (Lipinski definition) is 3. The number of benzene rings is 2. The van der Waals surface area contributed by atoms with E-state index in [4.69, 9.17) is 10.5 Å². The number of methoxy groups -OCH3 is 1. The number of alkyl halides is 2. The van der Waals surface area contributed by atoms with E-state index in [-0.39, 0.29) is 5.69 Å². The first-order valence-corrected chi connectivity index (χ1v) is 6.97. The molecule has 118 valence electrons. The summed E-state index contributed by atoms with van der Waals surface area (Å²) in [4.78, 5) is 0. The first kappa shape index (κ1) is 15.0. The molecule has 4 nitrogen and oxygen atoms in total. The van der Waals surface area contributed by atoms with Gasteiger partial charge in [-0.25, -0.2) is 13.5 Å². The zero-order valence-electron chi connectivity index (χ0n) is 12.4. The Balaban J connectivity index is 2.12. The van der Waals surface area contributed by atoms with Gasteiger partial charge in [0.25, 0.3) is 6.43 Å². The first-order chi connectivity index (χ1) is 11.1. The first-order valence-electron chi connectivity index (χ1n) is 6.97. The summed E-state index contributed by atoms with van der Waals surface area (Å²) in [5.74, 6) is 0.696. The lowest BCUT2D eigenvalue weighted by Gasteiger charge is -2.08. The molecule has 0 aliphatic heterocycles. The molecule has 1 aromatic heterocycles. The van der Waals surface area contributed by atoms with Crippen molar-refractivity contribution in [2.24, 2.45) is 0 Å². The molecule has 0 aliphatic carbocycles. The highest BCUT2D eigenvalue weighted by Gasteiger charge is 2.17. The van der Waals surface area contributed by atoms with Crippen molar-refractivity contribution in [1.82, 2.24) is 9.78 Å². The van der Waals surface area contributed by atoms with Crippen LogP contribution in [0.1, 0.15) is 12.1 Å². The average Bonchev–Trinajstić information content (AvgIpc) is 3.01. The zero-order valence-corrected chi connectivity index (χ0v) is 12.4. The minimum atomic E-state index is -2.64.